The van der Waals surface area contributed by atoms with Gasteiger partial charge in [0, 0.05) is 5.41 Å². The third kappa shape index (κ3) is 2.77. The average molecular weight is 208 g/mol. The molecule has 0 heterocycles. The van der Waals surface area contributed by atoms with Crippen LogP contribution in [0.15, 0.2) is 12.2 Å². The molecule has 0 amide bonds. The lowest BCUT2D eigenvalue weighted by molar-refractivity contribution is -0.136. The van der Waals surface area contributed by atoms with Gasteiger partial charge in [0.15, 0.2) is 11.6 Å². The summed E-state index contributed by atoms with van der Waals surface area (Å²) in [4.78, 5) is 23.6. The Bertz CT molecular complexity index is 287. The summed E-state index contributed by atoms with van der Waals surface area (Å²) in [5, 5.41) is 0. The van der Waals surface area contributed by atoms with Crippen LogP contribution < -0.4 is 0 Å². The number of rotatable bonds is 4. The van der Waals surface area contributed by atoms with Crippen molar-refractivity contribution in [3.05, 3.63) is 12.2 Å². The fraction of sp³-hybridized carbons (Fsp3) is 0.692. The van der Waals surface area contributed by atoms with Gasteiger partial charge in [-0.05, 0) is 26.3 Å². The van der Waals surface area contributed by atoms with Crippen LogP contribution in [-0.2, 0) is 9.59 Å². The highest BCUT2D eigenvalue weighted by Crippen LogP contribution is 2.30. The van der Waals surface area contributed by atoms with E-state index in [9.17, 15) is 9.59 Å². The molecule has 0 aromatic carbocycles. The number of carbonyl (C=O) groups excluding carboxylic acids is 2. The molecule has 1 rings (SSSR count). The third-order valence-corrected chi connectivity index (χ3v) is 3.06. The molecule has 0 spiro atoms. The Balaban J connectivity index is 2.67. The Hall–Kier alpha value is -0.920. The molecule has 0 saturated heterocycles. The summed E-state index contributed by atoms with van der Waals surface area (Å²) in [6.45, 7) is 5.88. The first kappa shape index (κ1) is 12.2. The molecule has 1 unspecified atom stereocenters. The first-order valence-corrected chi connectivity index (χ1v) is 5.76. The lowest BCUT2D eigenvalue weighted by Crippen LogP contribution is -2.37. The van der Waals surface area contributed by atoms with Gasteiger partial charge in [0.1, 0.15) is 0 Å². The number of carbonyl (C=O) groups is 2. The molecule has 1 aliphatic rings. The maximum Gasteiger partial charge on any atom is 0.165 e. The first-order chi connectivity index (χ1) is 6.99. The molecular formula is C13H20O2. The molecule has 2 heteroatoms. The second-order valence-electron chi connectivity index (χ2n) is 4.87. The minimum atomic E-state index is -0.454. The van der Waals surface area contributed by atoms with E-state index in [1.165, 1.54) is 0 Å². The summed E-state index contributed by atoms with van der Waals surface area (Å²) >= 11 is 0. The molecule has 0 bridgehead atoms. The Labute approximate surface area is 91.7 Å². The van der Waals surface area contributed by atoms with Gasteiger partial charge in [-0.3, -0.25) is 9.59 Å². The van der Waals surface area contributed by atoms with Gasteiger partial charge >= 0.3 is 0 Å². The van der Waals surface area contributed by atoms with Gasteiger partial charge in [-0.1, -0.05) is 32.3 Å². The maximum absolute atomic E-state index is 12.0. The molecule has 0 saturated carbocycles. The summed E-state index contributed by atoms with van der Waals surface area (Å²) in [6, 6.07) is 0. The lowest BCUT2D eigenvalue weighted by atomic mass is 9.73. The zero-order chi connectivity index (χ0) is 11.5. The van der Waals surface area contributed by atoms with Crippen molar-refractivity contribution in [1.82, 2.24) is 0 Å². The SMILES string of the molecule is CCCCCC1C(=O)C=CC(C)(C)C1=O. The fourth-order valence-corrected chi connectivity index (χ4v) is 1.94. The molecule has 1 aliphatic carbocycles. The number of hydrogen-bond donors (Lipinski definition) is 0. The van der Waals surface area contributed by atoms with Gasteiger partial charge in [0.2, 0.25) is 0 Å². The molecule has 0 N–H and O–H groups in total. The summed E-state index contributed by atoms with van der Waals surface area (Å²) < 4.78 is 0. The molecule has 84 valence electrons. The van der Waals surface area contributed by atoms with Gasteiger partial charge in [0.25, 0.3) is 0 Å². The van der Waals surface area contributed by atoms with E-state index in [1.54, 1.807) is 12.2 Å². The van der Waals surface area contributed by atoms with Crippen molar-refractivity contribution >= 4 is 11.6 Å². The van der Waals surface area contributed by atoms with Crippen molar-refractivity contribution in [2.24, 2.45) is 11.3 Å². The Kier molecular flexibility index (Phi) is 3.83. The van der Waals surface area contributed by atoms with Gasteiger partial charge in [0.05, 0.1) is 5.92 Å². The molecule has 0 aliphatic heterocycles. The quantitative estimate of drug-likeness (QED) is 0.526. The van der Waals surface area contributed by atoms with E-state index >= 15 is 0 Å². The molecular weight excluding hydrogens is 188 g/mol. The summed E-state index contributed by atoms with van der Waals surface area (Å²) in [7, 11) is 0. The van der Waals surface area contributed by atoms with Crippen molar-refractivity contribution in [3.8, 4) is 0 Å². The van der Waals surface area contributed by atoms with E-state index in [0.29, 0.717) is 0 Å². The minimum Gasteiger partial charge on any atom is -0.298 e. The first-order valence-electron chi connectivity index (χ1n) is 5.76. The van der Waals surface area contributed by atoms with E-state index in [0.717, 1.165) is 25.7 Å². The second-order valence-corrected chi connectivity index (χ2v) is 4.87. The van der Waals surface area contributed by atoms with E-state index in [2.05, 4.69) is 6.92 Å². The summed E-state index contributed by atoms with van der Waals surface area (Å²) in [5.74, 6) is -0.293. The predicted molar refractivity (Wildman–Crippen MR) is 60.6 cm³/mol. The largest absolute Gasteiger partial charge is 0.298 e. The normalized spacial score (nSPS) is 24.6. The van der Waals surface area contributed by atoms with Crippen LogP contribution in [0.2, 0.25) is 0 Å². The molecule has 2 nitrogen and oxygen atoms in total. The fourth-order valence-electron chi connectivity index (χ4n) is 1.94. The van der Waals surface area contributed by atoms with Crippen LogP contribution in [0.25, 0.3) is 0 Å². The summed E-state index contributed by atoms with van der Waals surface area (Å²) in [5.41, 5.74) is -0.454. The van der Waals surface area contributed by atoms with E-state index in [1.807, 2.05) is 13.8 Å². The highest BCUT2D eigenvalue weighted by Gasteiger charge is 2.37. The number of ketones is 2. The van der Waals surface area contributed by atoms with Crippen molar-refractivity contribution in [2.75, 3.05) is 0 Å². The Morgan fingerprint density at radius 3 is 2.53 bits per heavy atom. The topological polar surface area (TPSA) is 34.1 Å². The van der Waals surface area contributed by atoms with Crippen LogP contribution in [0.1, 0.15) is 46.5 Å². The third-order valence-electron chi connectivity index (χ3n) is 3.06. The van der Waals surface area contributed by atoms with E-state index < -0.39 is 5.41 Å². The highest BCUT2D eigenvalue weighted by molar-refractivity contribution is 6.12. The molecule has 15 heavy (non-hydrogen) atoms. The predicted octanol–water partition coefficient (Wildman–Crippen LogP) is 2.92. The van der Waals surface area contributed by atoms with Crippen molar-refractivity contribution in [1.29, 1.82) is 0 Å². The smallest absolute Gasteiger partial charge is 0.165 e. The summed E-state index contributed by atoms with van der Waals surface area (Å²) in [6.07, 6.45) is 7.23. The Morgan fingerprint density at radius 1 is 1.27 bits per heavy atom. The average Bonchev–Trinajstić information content (AvgIpc) is 2.18. The van der Waals surface area contributed by atoms with Gasteiger partial charge in [-0.2, -0.15) is 0 Å². The Morgan fingerprint density at radius 2 is 1.93 bits per heavy atom. The molecule has 0 radical (unpaired) electrons. The van der Waals surface area contributed by atoms with Gasteiger partial charge in [-0.15, -0.1) is 0 Å². The van der Waals surface area contributed by atoms with Crippen LogP contribution in [0, 0.1) is 11.3 Å². The minimum absolute atomic E-state index is 0.00423. The van der Waals surface area contributed by atoms with Gasteiger partial charge < -0.3 is 0 Å². The zero-order valence-electron chi connectivity index (χ0n) is 9.88. The molecule has 0 fully saturated rings. The van der Waals surface area contributed by atoms with E-state index in [-0.39, 0.29) is 17.5 Å². The number of allylic oxidation sites excluding steroid dienone is 2. The molecule has 0 aromatic rings. The molecule has 0 aromatic heterocycles. The molecule has 1 atom stereocenters. The van der Waals surface area contributed by atoms with Crippen molar-refractivity contribution < 1.29 is 9.59 Å². The number of Topliss-reactive ketones (excluding diaryl/α,β-unsaturated/α-hetero) is 1. The van der Waals surface area contributed by atoms with Crippen molar-refractivity contribution in [3.63, 3.8) is 0 Å². The monoisotopic (exact) mass is 208 g/mol. The number of hydrogen-bond acceptors (Lipinski definition) is 2. The highest BCUT2D eigenvalue weighted by atomic mass is 16.2. The van der Waals surface area contributed by atoms with Crippen LogP contribution in [0.5, 0.6) is 0 Å². The van der Waals surface area contributed by atoms with Crippen LogP contribution in [-0.4, -0.2) is 11.6 Å². The van der Waals surface area contributed by atoms with Crippen LogP contribution in [0.3, 0.4) is 0 Å². The second kappa shape index (κ2) is 4.73. The number of unbranched alkanes of at least 4 members (excludes halogenated alkanes) is 2. The standard InChI is InChI=1S/C13H20O2/c1-4-5-6-7-10-11(14)8-9-13(2,3)12(10)15/h8-10H,4-7H2,1-3H3. The lowest BCUT2D eigenvalue weighted by Gasteiger charge is -2.27. The van der Waals surface area contributed by atoms with E-state index in [4.69, 9.17) is 0 Å². The van der Waals surface area contributed by atoms with Crippen LogP contribution in [0.4, 0.5) is 0 Å². The maximum atomic E-state index is 12.0. The van der Waals surface area contributed by atoms with Crippen molar-refractivity contribution in [2.45, 2.75) is 46.5 Å². The van der Waals surface area contributed by atoms with Crippen LogP contribution >= 0.6 is 0 Å². The zero-order valence-corrected chi connectivity index (χ0v) is 9.88. The van der Waals surface area contributed by atoms with Gasteiger partial charge in [-0.25, -0.2) is 0 Å².